The molecule has 0 bridgehead atoms. The fraction of sp³-hybridized carbons (Fsp3) is 0.533. The first kappa shape index (κ1) is 29.2. The number of aryl methyl sites for hydroxylation is 1. The van der Waals surface area contributed by atoms with Crippen molar-refractivity contribution >= 4 is 23.6 Å². The lowest BCUT2D eigenvalue weighted by atomic mass is 9.85. The van der Waals surface area contributed by atoms with E-state index >= 15 is 0 Å². The smallest absolute Gasteiger partial charge is 0.326 e. The maximum atomic E-state index is 13.3. The number of amides is 1. The summed E-state index contributed by atoms with van der Waals surface area (Å²) in [5, 5.41) is 16.0. The number of hydrogen-bond acceptors (Lipinski definition) is 5. The van der Waals surface area contributed by atoms with E-state index in [0.717, 1.165) is 34.6 Å². The van der Waals surface area contributed by atoms with Crippen LogP contribution in [0.5, 0.6) is 0 Å². The van der Waals surface area contributed by atoms with E-state index in [1.807, 2.05) is 49.6 Å². The van der Waals surface area contributed by atoms with Gasteiger partial charge in [-0.2, -0.15) is 11.8 Å². The number of thioether (sulfide) groups is 1. The van der Waals surface area contributed by atoms with Gasteiger partial charge in [0, 0.05) is 25.3 Å². The lowest BCUT2D eigenvalue weighted by Crippen LogP contribution is -2.41. The van der Waals surface area contributed by atoms with Crippen LogP contribution >= 0.6 is 11.8 Å². The molecule has 1 aliphatic rings. The average Bonchev–Trinajstić information content (AvgIpc) is 2.90. The third kappa shape index (κ3) is 8.87. The summed E-state index contributed by atoms with van der Waals surface area (Å²) < 4.78 is 5.51. The highest BCUT2D eigenvalue weighted by molar-refractivity contribution is 7.98. The summed E-state index contributed by atoms with van der Waals surface area (Å²) in [6.45, 7) is 3.38. The fourth-order valence-electron chi connectivity index (χ4n) is 5.23. The van der Waals surface area contributed by atoms with Gasteiger partial charge in [-0.3, -0.25) is 4.79 Å². The molecule has 2 atom stereocenters. The Hall–Kier alpha value is -2.35. The Morgan fingerprint density at radius 1 is 1.11 bits per heavy atom. The van der Waals surface area contributed by atoms with Crippen molar-refractivity contribution in [3.05, 3.63) is 59.2 Å². The highest BCUT2D eigenvalue weighted by Crippen LogP contribution is 2.30. The summed E-state index contributed by atoms with van der Waals surface area (Å²) in [7, 11) is 1.75. The van der Waals surface area contributed by atoms with Crippen LogP contribution in [0.2, 0.25) is 0 Å². The summed E-state index contributed by atoms with van der Waals surface area (Å²) in [6.07, 6.45) is 10.0. The zero-order valence-corrected chi connectivity index (χ0v) is 23.2. The van der Waals surface area contributed by atoms with Gasteiger partial charge in [0.15, 0.2) is 0 Å². The van der Waals surface area contributed by atoms with E-state index in [0.29, 0.717) is 30.9 Å². The van der Waals surface area contributed by atoms with E-state index in [-0.39, 0.29) is 11.9 Å². The van der Waals surface area contributed by atoms with Crippen LogP contribution in [-0.4, -0.2) is 54.8 Å². The number of carbonyl (C=O) groups is 2. The Labute approximate surface area is 226 Å². The van der Waals surface area contributed by atoms with E-state index in [2.05, 4.69) is 16.7 Å². The third-order valence-corrected chi connectivity index (χ3v) is 7.93. The molecule has 1 saturated carbocycles. The van der Waals surface area contributed by atoms with Crippen LogP contribution in [0.25, 0.3) is 11.1 Å². The maximum Gasteiger partial charge on any atom is 0.326 e. The predicted molar refractivity (Wildman–Crippen MR) is 152 cm³/mol. The Balaban J connectivity index is 1.82. The van der Waals surface area contributed by atoms with Gasteiger partial charge in [-0.25, -0.2) is 4.79 Å². The number of ether oxygens (including phenoxy) is 1. The Bertz CT molecular complexity index is 1020. The second-order valence-corrected chi connectivity index (χ2v) is 11.1. The van der Waals surface area contributed by atoms with E-state index in [1.54, 1.807) is 18.9 Å². The van der Waals surface area contributed by atoms with Crippen molar-refractivity contribution < 1.29 is 19.4 Å². The fourth-order valence-corrected chi connectivity index (χ4v) is 5.70. The molecule has 3 rings (SSSR count). The number of aliphatic carboxylic acids is 1. The first-order chi connectivity index (χ1) is 17.9. The Morgan fingerprint density at radius 2 is 1.86 bits per heavy atom. The van der Waals surface area contributed by atoms with Crippen molar-refractivity contribution in [2.45, 2.75) is 70.5 Å². The Kier molecular flexibility index (Phi) is 12.0. The molecule has 0 saturated heterocycles. The van der Waals surface area contributed by atoms with Crippen molar-refractivity contribution in [3.63, 3.8) is 0 Å². The van der Waals surface area contributed by atoms with Crippen LogP contribution in [0, 0.1) is 12.8 Å². The van der Waals surface area contributed by atoms with Crippen LogP contribution in [-0.2, 0) is 16.1 Å². The largest absolute Gasteiger partial charge is 0.480 e. The van der Waals surface area contributed by atoms with Crippen molar-refractivity contribution in [1.82, 2.24) is 10.6 Å². The van der Waals surface area contributed by atoms with Gasteiger partial charge in [-0.1, -0.05) is 62.4 Å². The van der Waals surface area contributed by atoms with Crippen LogP contribution in [0.4, 0.5) is 0 Å². The summed E-state index contributed by atoms with van der Waals surface area (Å²) in [6, 6.07) is 13.2. The molecule has 202 valence electrons. The summed E-state index contributed by atoms with van der Waals surface area (Å²) in [5.41, 5.74) is 4.43. The molecule has 1 amide bonds. The van der Waals surface area contributed by atoms with Crippen LogP contribution in [0.1, 0.15) is 66.4 Å². The molecule has 2 aromatic rings. The standard InChI is InChI=1S/C30H42N2O4S/c1-21-9-7-8-12-25(21)27-18-23(19-31-24(20-36-2)17-22-10-5-4-6-11-22)13-14-26(27)29(33)32-28(30(34)35)15-16-37-3/h7-9,12-14,18,22,24,28,31H,4-6,10-11,15-17,19-20H2,1-3H3,(H,32,33)(H,34,35)/t24-,28-/m0/s1. The molecule has 2 aromatic carbocycles. The van der Waals surface area contributed by atoms with Gasteiger partial charge in [0.25, 0.3) is 5.91 Å². The number of nitrogens with one attached hydrogen (secondary N) is 2. The van der Waals surface area contributed by atoms with Crippen molar-refractivity contribution in [3.8, 4) is 11.1 Å². The van der Waals surface area contributed by atoms with E-state index in [1.165, 1.54) is 32.1 Å². The molecule has 0 aliphatic heterocycles. The van der Waals surface area contributed by atoms with Gasteiger partial charge in [0.05, 0.1) is 6.61 Å². The van der Waals surface area contributed by atoms with Gasteiger partial charge < -0.3 is 20.5 Å². The van der Waals surface area contributed by atoms with Crippen LogP contribution in [0.3, 0.4) is 0 Å². The van der Waals surface area contributed by atoms with Crippen LogP contribution < -0.4 is 10.6 Å². The molecule has 6 nitrogen and oxygen atoms in total. The zero-order chi connectivity index (χ0) is 26.6. The molecule has 0 aromatic heterocycles. The van der Waals surface area contributed by atoms with Gasteiger partial charge in [-0.15, -0.1) is 0 Å². The number of methoxy groups -OCH3 is 1. The van der Waals surface area contributed by atoms with E-state index in [4.69, 9.17) is 4.74 Å². The molecule has 7 heteroatoms. The van der Waals surface area contributed by atoms with E-state index < -0.39 is 12.0 Å². The highest BCUT2D eigenvalue weighted by atomic mass is 32.2. The van der Waals surface area contributed by atoms with Gasteiger partial charge in [0.1, 0.15) is 6.04 Å². The third-order valence-electron chi connectivity index (χ3n) is 7.28. The second-order valence-electron chi connectivity index (χ2n) is 10.1. The first-order valence-electron chi connectivity index (χ1n) is 13.4. The molecular weight excluding hydrogens is 484 g/mol. The molecule has 37 heavy (non-hydrogen) atoms. The predicted octanol–water partition coefficient (Wildman–Crippen LogP) is 5.67. The second kappa shape index (κ2) is 15.2. The quantitative estimate of drug-likeness (QED) is 0.294. The normalized spacial score (nSPS) is 15.8. The van der Waals surface area contributed by atoms with Gasteiger partial charge >= 0.3 is 5.97 Å². The number of rotatable bonds is 14. The molecule has 0 spiro atoms. The molecule has 3 N–H and O–H groups in total. The molecule has 0 unspecified atom stereocenters. The minimum absolute atomic E-state index is 0.283. The SMILES string of the molecule is COC[C@H](CC1CCCCC1)NCc1ccc(C(=O)N[C@@H](CCSC)C(=O)O)c(-c2ccccc2C)c1. The van der Waals surface area contributed by atoms with Gasteiger partial charge in [0.2, 0.25) is 0 Å². The molecule has 0 heterocycles. The monoisotopic (exact) mass is 526 g/mol. The topological polar surface area (TPSA) is 87.7 Å². The number of carboxylic acids is 1. The molecule has 0 radical (unpaired) electrons. The summed E-state index contributed by atoms with van der Waals surface area (Å²) in [4.78, 5) is 25.0. The number of carbonyl (C=O) groups excluding carboxylic acids is 1. The summed E-state index contributed by atoms with van der Waals surface area (Å²) in [5.74, 6) is 0.0441. The van der Waals surface area contributed by atoms with Crippen LogP contribution in [0.15, 0.2) is 42.5 Å². The van der Waals surface area contributed by atoms with Gasteiger partial charge in [-0.05, 0) is 72.1 Å². The number of hydrogen-bond donors (Lipinski definition) is 3. The lowest BCUT2D eigenvalue weighted by Gasteiger charge is -2.27. The number of carboxylic acid groups (broad SMARTS) is 1. The first-order valence-corrected chi connectivity index (χ1v) is 14.8. The molecular formula is C30H42N2O4S. The minimum Gasteiger partial charge on any atom is -0.480 e. The van der Waals surface area contributed by atoms with E-state index in [9.17, 15) is 14.7 Å². The summed E-state index contributed by atoms with van der Waals surface area (Å²) >= 11 is 1.57. The number of benzene rings is 2. The average molecular weight is 527 g/mol. The Morgan fingerprint density at radius 3 is 2.54 bits per heavy atom. The van der Waals surface area contributed by atoms with Crippen molar-refractivity contribution in [2.75, 3.05) is 25.7 Å². The minimum atomic E-state index is -1.01. The van der Waals surface area contributed by atoms with Crippen molar-refractivity contribution in [1.29, 1.82) is 0 Å². The molecule has 1 fully saturated rings. The zero-order valence-electron chi connectivity index (χ0n) is 22.4. The lowest BCUT2D eigenvalue weighted by molar-refractivity contribution is -0.139. The highest BCUT2D eigenvalue weighted by Gasteiger charge is 2.23. The van der Waals surface area contributed by atoms with Crippen molar-refractivity contribution in [2.24, 2.45) is 5.92 Å². The molecule has 1 aliphatic carbocycles. The maximum absolute atomic E-state index is 13.3.